The summed E-state index contributed by atoms with van der Waals surface area (Å²) < 4.78 is 10.7. The smallest absolute Gasteiger partial charge is 0.230 e. The number of benzene rings is 1. The molecule has 20 heavy (non-hydrogen) atoms. The van der Waals surface area contributed by atoms with Gasteiger partial charge in [0.1, 0.15) is 11.5 Å². The van der Waals surface area contributed by atoms with Gasteiger partial charge in [0.15, 0.2) is 0 Å². The number of aryl methyl sites for hydroxylation is 2. The fraction of sp³-hybridized carbons (Fsp3) is 0.188. The number of rotatable bonds is 3. The summed E-state index contributed by atoms with van der Waals surface area (Å²) in [5.74, 6) is 1.21. The van der Waals surface area contributed by atoms with E-state index < -0.39 is 0 Å². The first kappa shape index (κ1) is 12.5. The third-order valence-electron chi connectivity index (χ3n) is 3.38. The maximum Gasteiger partial charge on any atom is 0.230 e. The minimum atomic E-state index is 0.326. The summed E-state index contributed by atoms with van der Waals surface area (Å²) in [6.07, 6.45) is 2.46. The van der Waals surface area contributed by atoms with E-state index in [4.69, 9.17) is 14.7 Å². The van der Waals surface area contributed by atoms with Crippen LogP contribution in [0.2, 0.25) is 0 Å². The van der Waals surface area contributed by atoms with Crippen LogP contribution in [0.4, 0.5) is 5.88 Å². The first-order valence-electron chi connectivity index (χ1n) is 6.59. The van der Waals surface area contributed by atoms with Crippen molar-refractivity contribution in [2.45, 2.75) is 20.3 Å². The standard InChI is InChI=1S/C16H16N2O2/c1-3-13-12(8-9-19-13)15-14(16(17)20-18-15)11-6-4-10(2)5-7-11/h4-9H,3,17H2,1-2H3. The summed E-state index contributed by atoms with van der Waals surface area (Å²) in [6, 6.07) is 10.0. The van der Waals surface area contributed by atoms with E-state index in [1.165, 1.54) is 5.56 Å². The van der Waals surface area contributed by atoms with Crippen LogP contribution in [0.1, 0.15) is 18.2 Å². The van der Waals surface area contributed by atoms with Crippen LogP contribution in [0.25, 0.3) is 22.4 Å². The molecule has 0 aliphatic carbocycles. The molecule has 3 aromatic rings. The Morgan fingerprint density at radius 1 is 1.15 bits per heavy atom. The Morgan fingerprint density at radius 2 is 1.90 bits per heavy atom. The van der Waals surface area contributed by atoms with Crippen LogP contribution in [0.3, 0.4) is 0 Å². The van der Waals surface area contributed by atoms with Gasteiger partial charge in [-0.3, -0.25) is 0 Å². The molecule has 2 aromatic heterocycles. The lowest BCUT2D eigenvalue weighted by atomic mass is 10.00. The van der Waals surface area contributed by atoms with Gasteiger partial charge in [0.05, 0.1) is 11.8 Å². The van der Waals surface area contributed by atoms with Crippen molar-refractivity contribution < 1.29 is 8.94 Å². The Balaban J connectivity index is 2.17. The molecule has 3 rings (SSSR count). The molecule has 0 spiro atoms. The lowest BCUT2D eigenvalue weighted by Gasteiger charge is -2.03. The molecule has 0 saturated heterocycles. The van der Waals surface area contributed by atoms with Crippen molar-refractivity contribution in [2.24, 2.45) is 0 Å². The van der Waals surface area contributed by atoms with Crippen molar-refractivity contribution >= 4 is 5.88 Å². The van der Waals surface area contributed by atoms with Crippen LogP contribution >= 0.6 is 0 Å². The minimum absolute atomic E-state index is 0.326. The predicted octanol–water partition coefficient (Wildman–Crippen LogP) is 4.05. The lowest BCUT2D eigenvalue weighted by Crippen LogP contribution is -1.89. The highest BCUT2D eigenvalue weighted by molar-refractivity contribution is 5.87. The van der Waals surface area contributed by atoms with Crippen molar-refractivity contribution in [1.29, 1.82) is 0 Å². The van der Waals surface area contributed by atoms with Gasteiger partial charge in [0, 0.05) is 12.0 Å². The highest BCUT2D eigenvalue weighted by atomic mass is 16.5. The fourth-order valence-corrected chi connectivity index (χ4v) is 2.31. The molecule has 2 N–H and O–H groups in total. The van der Waals surface area contributed by atoms with Crippen molar-refractivity contribution in [3.8, 4) is 22.4 Å². The van der Waals surface area contributed by atoms with Crippen molar-refractivity contribution in [3.63, 3.8) is 0 Å². The van der Waals surface area contributed by atoms with Crippen LogP contribution in [0.5, 0.6) is 0 Å². The summed E-state index contributed by atoms with van der Waals surface area (Å²) in [6.45, 7) is 4.09. The summed E-state index contributed by atoms with van der Waals surface area (Å²) in [5, 5.41) is 4.11. The quantitative estimate of drug-likeness (QED) is 0.778. The first-order valence-corrected chi connectivity index (χ1v) is 6.59. The van der Waals surface area contributed by atoms with Gasteiger partial charge in [-0.05, 0) is 18.6 Å². The van der Waals surface area contributed by atoms with E-state index >= 15 is 0 Å². The Morgan fingerprint density at radius 3 is 2.60 bits per heavy atom. The van der Waals surface area contributed by atoms with E-state index in [9.17, 15) is 0 Å². The third-order valence-corrected chi connectivity index (χ3v) is 3.38. The maximum atomic E-state index is 5.95. The number of furan rings is 1. The van der Waals surface area contributed by atoms with E-state index in [-0.39, 0.29) is 0 Å². The Bertz CT molecular complexity index is 723. The van der Waals surface area contributed by atoms with E-state index in [1.807, 2.05) is 44.2 Å². The highest BCUT2D eigenvalue weighted by Gasteiger charge is 2.20. The Hall–Kier alpha value is -2.49. The number of aromatic nitrogens is 1. The molecule has 0 amide bonds. The predicted molar refractivity (Wildman–Crippen MR) is 78.2 cm³/mol. The second kappa shape index (κ2) is 4.89. The van der Waals surface area contributed by atoms with E-state index in [1.54, 1.807) is 6.26 Å². The van der Waals surface area contributed by atoms with Crippen molar-refractivity contribution in [2.75, 3.05) is 5.73 Å². The second-order valence-corrected chi connectivity index (χ2v) is 4.75. The summed E-state index contributed by atoms with van der Waals surface area (Å²) >= 11 is 0. The van der Waals surface area contributed by atoms with Gasteiger partial charge in [0.25, 0.3) is 0 Å². The van der Waals surface area contributed by atoms with E-state index in [0.29, 0.717) is 5.88 Å². The lowest BCUT2D eigenvalue weighted by molar-refractivity contribution is 0.439. The largest absolute Gasteiger partial charge is 0.469 e. The number of anilines is 1. The molecule has 0 bridgehead atoms. The fourth-order valence-electron chi connectivity index (χ4n) is 2.31. The average molecular weight is 268 g/mol. The SMILES string of the molecule is CCc1occc1-c1noc(N)c1-c1ccc(C)cc1. The molecule has 4 nitrogen and oxygen atoms in total. The van der Waals surface area contributed by atoms with Gasteiger partial charge >= 0.3 is 0 Å². The number of nitrogens with two attached hydrogens (primary N) is 1. The van der Waals surface area contributed by atoms with Crippen LogP contribution in [-0.4, -0.2) is 5.16 Å². The molecule has 102 valence electrons. The summed E-state index contributed by atoms with van der Waals surface area (Å²) in [5.41, 5.74) is 10.6. The topological polar surface area (TPSA) is 65.2 Å². The molecule has 0 radical (unpaired) electrons. The van der Waals surface area contributed by atoms with Crippen LogP contribution in [0.15, 0.2) is 45.5 Å². The first-order chi connectivity index (χ1) is 9.70. The molecule has 0 saturated carbocycles. The normalized spacial score (nSPS) is 10.9. The third kappa shape index (κ3) is 1.99. The molecule has 0 aliphatic heterocycles. The molecule has 0 aliphatic rings. The highest BCUT2D eigenvalue weighted by Crippen LogP contribution is 2.38. The number of nitrogen functional groups attached to an aromatic ring is 1. The van der Waals surface area contributed by atoms with Gasteiger partial charge in [0.2, 0.25) is 5.88 Å². The Kier molecular flexibility index (Phi) is 3.06. The van der Waals surface area contributed by atoms with Gasteiger partial charge < -0.3 is 14.7 Å². The molecule has 1 aromatic carbocycles. The zero-order valence-electron chi connectivity index (χ0n) is 11.5. The van der Waals surface area contributed by atoms with Crippen LogP contribution in [-0.2, 0) is 6.42 Å². The number of hydrogen-bond donors (Lipinski definition) is 1. The van der Waals surface area contributed by atoms with Crippen molar-refractivity contribution in [1.82, 2.24) is 5.16 Å². The molecule has 0 unspecified atom stereocenters. The molecule has 0 fully saturated rings. The zero-order valence-corrected chi connectivity index (χ0v) is 11.5. The van der Waals surface area contributed by atoms with E-state index in [2.05, 4.69) is 5.16 Å². The van der Waals surface area contributed by atoms with Crippen LogP contribution < -0.4 is 5.73 Å². The Labute approximate surface area is 117 Å². The van der Waals surface area contributed by atoms with E-state index in [0.717, 1.165) is 34.6 Å². The maximum absolute atomic E-state index is 5.95. The van der Waals surface area contributed by atoms with Crippen LogP contribution in [0, 0.1) is 6.92 Å². The zero-order chi connectivity index (χ0) is 14.1. The minimum Gasteiger partial charge on any atom is -0.469 e. The average Bonchev–Trinajstić information content (AvgIpc) is 3.05. The molecule has 0 atom stereocenters. The second-order valence-electron chi connectivity index (χ2n) is 4.75. The van der Waals surface area contributed by atoms with Gasteiger partial charge in [-0.1, -0.05) is 41.9 Å². The summed E-state index contributed by atoms with van der Waals surface area (Å²) in [4.78, 5) is 0. The number of nitrogens with zero attached hydrogens (tertiary/aromatic N) is 1. The molecule has 4 heteroatoms. The summed E-state index contributed by atoms with van der Waals surface area (Å²) in [7, 11) is 0. The van der Waals surface area contributed by atoms with Gasteiger partial charge in [-0.15, -0.1) is 0 Å². The molecular weight excluding hydrogens is 252 g/mol. The van der Waals surface area contributed by atoms with Gasteiger partial charge in [-0.2, -0.15) is 0 Å². The number of hydrogen-bond acceptors (Lipinski definition) is 4. The monoisotopic (exact) mass is 268 g/mol. The molecular formula is C16H16N2O2. The molecule has 2 heterocycles. The van der Waals surface area contributed by atoms with Gasteiger partial charge in [-0.25, -0.2) is 0 Å². The van der Waals surface area contributed by atoms with Crippen molar-refractivity contribution in [3.05, 3.63) is 47.9 Å².